The van der Waals surface area contributed by atoms with Crippen LogP contribution >= 0.6 is 0 Å². The molecule has 0 unspecified atom stereocenters. The van der Waals surface area contributed by atoms with Gasteiger partial charge in [0, 0.05) is 24.3 Å². The molecule has 3 aliphatic rings. The molecule has 2 heteroatoms. The van der Waals surface area contributed by atoms with Gasteiger partial charge in [0.2, 0.25) is 0 Å². The van der Waals surface area contributed by atoms with Crippen molar-refractivity contribution in [3.63, 3.8) is 0 Å². The van der Waals surface area contributed by atoms with E-state index in [9.17, 15) is 9.59 Å². The highest BCUT2D eigenvalue weighted by Crippen LogP contribution is 2.49. The summed E-state index contributed by atoms with van der Waals surface area (Å²) in [6, 6.07) is 0. The van der Waals surface area contributed by atoms with E-state index in [1.807, 2.05) is 0 Å². The van der Waals surface area contributed by atoms with Crippen LogP contribution in [0.2, 0.25) is 0 Å². The van der Waals surface area contributed by atoms with Gasteiger partial charge in [-0.3, -0.25) is 9.59 Å². The molecule has 2 atom stereocenters. The van der Waals surface area contributed by atoms with Crippen LogP contribution in [-0.2, 0) is 9.59 Å². The quantitative estimate of drug-likeness (QED) is 0.562. The predicted molar refractivity (Wildman–Crippen MR) is 47.1 cm³/mol. The average molecular weight is 176 g/mol. The van der Waals surface area contributed by atoms with Crippen LogP contribution in [-0.4, -0.2) is 11.6 Å². The molecule has 68 valence electrons. The summed E-state index contributed by atoms with van der Waals surface area (Å²) in [6.07, 6.45) is 4.37. The van der Waals surface area contributed by atoms with Gasteiger partial charge in [0.25, 0.3) is 0 Å². The van der Waals surface area contributed by atoms with Crippen LogP contribution < -0.4 is 0 Å². The van der Waals surface area contributed by atoms with Crippen molar-refractivity contribution in [1.82, 2.24) is 0 Å². The minimum absolute atomic E-state index is 0.0324. The summed E-state index contributed by atoms with van der Waals surface area (Å²) in [4.78, 5) is 23.1. The van der Waals surface area contributed by atoms with E-state index < -0.39 is 0 Å². The summed E-state index contributed by atoms with van der Waals surface area (Å²) < 4.78 is 0. The van der Waals surface area contributed by atoms with Crippen molar-refractivity contribution in [3.8, 4) is 0 Å². The zero-order chi connectivity index (χ0) is 9.00. The lowest BCUT2D eigenvalue weighted by Crippen LogP contribution is -2.16. The van der Waals surface area contributed by atoms with E-state index in [1.165, 1.54) is 5.57 Å². The standard InChI is InChI=1S/C11H12O2/c12-8-3-1-6-5-7-2-4-9(13)11(7)10(6)8/h6,10H,1-5H2/t6-,10+/m1/s1. The van der Waals surface area contributed by atoms with E-state index >= 15 is 0 Å². The van der Waals surface area contributed by atoms with E-state index in [0.29, 0.717) is 24.5 Å². The zero-order valence-corrected chi connectivity index (χ0v) is 7.51. The van der Waals surface area contributed by atoms with E-state index in [1.54, 1.807) is 0 Å². The lowest BCUT2D eigenvalue weighted by molar-refractivity contribution is -0.122. The Balaban J connectivity index is 2.05. The Labute approximate surface area is 77.0 Å². The van der Waals surface area contributed by atoms with Gasteiger partial charge in [-0.15, -0.1) is 0 Å². The third-order valence-corrected chi connectivity index (χ3v) is 3.73. The van der Waals surface area contributed by atoms with Crippen LogP contribution in [0.1, 0.15) is 32.1 Å². The van der Waals surface area contributed by atoms with E-state index in [-0.39, 0.29) is 11.7 Å². The van der Waals surface area contributed by atoms with Gasteiger partial charge in [-0.25, -0.2) is 0 Å². The van der Waals surface area contributed by atoms with E-state index in [0.717, 1.165) is 24.8 Å². The van der Waals surface area contributed by atoms with Crippen molar-refractivity contribution in [2.24, 2.45) is 11.8 Å². The van der Waals surface area contributed by atoms with Crippen LogP contribution in [0, 0.1) is 11.8 Å². The maximum atomic E-state index is 11.6. The molecule has 0 aromatic carbocycles. The second-order valence-electron chi connectivity index (χ2n) is 4.39. The first-order valence-electron chi connectivity index (χ1n) is 5.05. The number of carbonyl (C=O) groups is 2. The topological polar surface area (TPSA) is 34.1 Å². The van der Waals surface area contributed by atoms with Gasteiger partial charge < -0.3 is 0 Å². The van der Waals surface area contributed by atoms with Gasteiger partial charge in [0.15, 0.2) is 5.78 Å². The first-order valence-corrected chi connectivity index (χ1v) is 5.05. The number of hydrogen-bond acceptors (Lipinski definition) is 2. The summed E-state index contributed by atoms with van der Waals surface area (Å²) in [5.74, 6) is 1.12. The minimum Gasteiger partial charge on any atom is -0.299 e. The number of rotatable bonds is 0. The average Bonchev–Trinajstić information content (AvgIpc) is 2.69. The molecule has 0 spiro atoms. The van der Waals surface area contributed by atoms with Gasteiger partial charge in [-0.05, 0) is 25.2 Å². The minimum atomic E-state index is 0.0324. The number of carbonyl (C=O) groups excluding carboxylic acids is 2. The normalized spacial score (nSPS) is 37.2. The molecule has 0 N–H and O–H groups in total. The monoisotopic (exact) mass is 176 g/mol. The Kier molecular flexibility index (Phi) is 1.33. The lowest BCUT2D eigenvalue weighted by atomic mass is 9.91. The second kappa shape index (κ2) is 2.31. The molecule has 0 saturated heterocycles. The van der Waals surface area contributed by atoms with Crippen molar-refractivity contribution in [1.29, 1.82) is 0 Å². The molecule has 0 aliphatic heterocycles. The molecule has 0 radical (unpaired) electrons. The van der Waals surface area contributed by atoms with Gasteiger partial charge >= 0.3 is 0 Å². The number of ketones is 2. The molecule has 0 heterocycles. The highest BCUT2D eigenvalue weighted by Gasteiger charge is 2.47. The van der Waals surface area contributed by atoms with Gasteiger partial charge in [0.1, 0.15) is 5.78 Å². The maximum Gasteiger partial charge on any atom is 0.159 e. The van der Waals surface area contributed by atoms with Crippen molar-refractivity contribution >= 4 is 11.6 Å². The molecule has 1 saturated carbocycles. The Morgan fingerprint density at radius 3 is 2.77 bits per heavy atom. The molecular weight excluding hydrogens is 164 g/mol. The molecule has 0 aromatic heterocycles. The fourth-order valence-electron chi connectivity index (χ4n) is 3.18. The van der Waals surface area contributed by atoms with Crippen molar-refractivity contribution in [3.05, 3.63) is 11.1 Å². The smallest absolute Gasteiger partial charge is 0.159 e. The third-order valence-electron chi connectivity index (χ3n) is 3.73. The van der Waals surface area contributed by atoms with Gasteiger partial charge in [-0.1, -0.05) is 5.57 Å². The van der Waals surface area contributed by atoms with Gasteiger partial charge in [-0.2, -0.15) is 0 Å². The summed E-state index contributed by atoms with van der Waals surface area (Å²) in [5, 5.41) is 0. The largest absolute Gasteiger partial charge is 0.299 e. The first kappa shape index (κ1) is 7.48. The fraction of sp³-hybridized carbons (Fsp3) is 0.636. The van der Waals surface area contributed by atoms with Gasteiger partial charge in [0.05, 0.1) is 0 Å². The van der Waals surface area contributed by atoms with E-state index in [4.69, 9.17) is 0 Å². The van der Waals surface area contributed by atoms with Crippen molar-refractivity contribution in [2.75, 3.05) is 0 Å². The highest BCUT2D eigenvalue weighted by molar-refractivity contribution is 6.06. The Hall–Kier alpha value is -0.920. The third kappa shape index (κ3) is 0.835. The fourth-order valence-corrected chi connectivity index (χ4v) is 3.18. The lowest BCUT2D eigenvalue weighted by Gasteiger charge is -2.10. The van der Waals surface area contributed by atoms with Crippen LogP contribution in [0.25, 0.3) is 0 Å². The second-order valence-corrected chi connectivity index (χ2v) is 4.39. The van der Waals surface area contributed by atoms with Crippen molar-refractivity contribution in [2.45, 2.75) is 32.1 Å². The summed E-state index contributed by atoms with van der Waals surface area (Å²) >= 11 is 0. The number of fused-ring (bicyclic) bond motifs is 2. The zero-order valence-electron chi connectivity index (χ0n) is 7.51. The van der Waals surface area contributed by atoms with Crippen LogP contribution in [0.15, 0.2) is 11.1 Å². The summed E-state index contributed by atoms with van der Waals surface area (Å²) in [5.41, 5.74) is 2.25. The van der Waals surface area contributed by atoms with Crippen LogP contribution in [0.5, 0.6) is 0 Å². The molecule has 1 fully saturated rings. The number of hydrogen-bond donors (Lipinski definition) is 0. The molecular formula is C11H12O2. The number of allylic oxidation sites excluding steroid dienone is 2. The molecule has 2 nitrogen and oxygen atoms in total. The van der Waals surface area contributed by atoms with Crippen molar-refractivity contribution < 1.29 is 9.59 Å². The molecule has 13 heavy (non-hydrogen) atoms. The van der Waals surface area contributed by atoms with E-state index in [2.05, 4.69) is 0 Å². The Morgan fingerprint density at radius 1 is 1.08 bits per heavy atom. The summed E-state index contributed by atoms with van der Waals surface area (Å²) in [6.45, 7) is 0. The summed E-state index contributed by atoms with van der Waals surface area (Å²) in [7, 11) is 0. The molecule has 0 amide bonds. The SMILES string of the molecule is O=C1CCC2=C1[C@@H]1C(=O)CC[C@@H]1C2. The molecule has 3 aliphatic carbocycles. The first-order chi connectivity index (χ1) is 6.27. The molecule has 0 aromatic rings. The number of Topliss-reactive ketones (excluding diaryl/α,β-unsaturated/α-hetero) is 2. The van der Waals surface area contributed by atoms with Crippen LogP contribution in [0.3, 0.4) is 0 Å². The molecule has 0 bridgehead atoms. The Morgan fingerprint density at radius 2 is 1.92 bits per heavy atom. The Bertz CT molecular complexity index is 338. The molecule has 3 rings (SSSR count). The van der Waals surface area contributed by atoms with Crippen LogP contribution in [0.4, 0.5) is 0 Å². The maximum absolute atomic E-state index is 11.6. The highest BCUT2D eigenvalue weighted by atomic mass is 16.1. The predicted octanol–water partition coefficient (Wildman–Crippen LogP) is 1.64.